The number of piperazine rings is 1. The molecule has 17 heavy (non-hydrogen) atoms. The van der Waals surface area contributed by atoms with Crippen LogP contribution in [-0.4, -0.2) is 68.8 Å². The van der Waals surface area contributed by atoms with E-state index in [2.05, 4.69) is 24.1 Å². The molecule has 1 aliphatic heterocycles. The lowest BCUT2D eigenvalue weighted by Gasteiger charge is -2.35. The van der Waals surface area contributed by atoms with Gasteiger partial charge < -0.3 is 15.0 Å². The first-order chi connectivity index (χ1) is 8.13. The summed E-state index contributed by atoms with van der Waals surface area (Å²) in [5.41, 5.74) is 0. The van der Waals surface area contributed by atoms with Gasteiger partial charge in [-0.15, -0.1) is 0 Å². The Bertz CT molecular complexity index is 226. The highest BCUT2D eigenvalue weighted by Gasteiger charge is 2.20. The smallest absolute Gasteiger partial charge is 0.317 e. The van der Waals surface area contributed by atoms with Crippen LogP contribution in [0.4, 0.5) is 4.79 Å². The minimum absolute atomic E-state index is 0.0336. The summed E-state index contributed by atoms with van der Waals surface area (Å²) in [6.45, 7) is 10.3. The van der Waals surface area contributed by atoms with Crippen molar-refractivity contribution in [1.29, 1.82) is 0 Å². The predicted molar refractivity (Wildman–Crippen MR) is 68.1 cm³/mol. The normalized spacial score (nSPS) is 17.5. The average Bonchev–Trinajstić information content (AvgIpc) is 2.29. The number of amides is 2. The topological polar surface area (TPSA) is 44.8 Å². The maximum Gasteiger partial charge on any atom is 0.317 e. The summed E-state index contributed by atoms with van der Waals surface area (Å²) in [5.74, 6) is 0.692. The molecule has 100 valence electrons. The zero-order valence-electron chi connectivity index (χ0n) is 11.2. The van der Waals surface area contributed by atoms with Gasteiger partial charge in [0.15, 0.2) is 0 Å². The van der Waals surface area contributed by atoms with Crippen molar-refractivity contribution >= 4 is 6.03 Å². The van der Waals surface area contributed by atoms with E-state index >= 15 is 0 Å². The lowest BCUT2D eigenvalue weighted by molar-refractivity contribution is 0.128. The molecule has 0 bridgehead atoms. The quantitative estimate of drug-likeness (QED) is 0.720. The first kappa shape index (κ1) is 14.3. The number of ether oxygens (including phenoxy) is 1. The second kappa shape index (κ2) is 7.50. The maximum absolute atomic E-state index is 11.7. The second-order valence-electron chi connectivity index (χ2n) is 4.91. The van der Waals surface area contributed by atoms with E-state index in [1.165, 1.54) is 0 Å². The van der Waals surface area contributed by atoms with Crippen molar-refractivity contribution in [3.05, 3.63) is 0 Å². The second-order valence-corrected chi connectivity index (χ2v) is 4.91. The Morgan fingerprint density at radius 1 is 1.29 bits per heavy atom. The molecule has 1 saturated heterocycles. The first-order valence-electron chi connectivity index (χ1n) is 6.37. The zero-order valence-corrected chi connectivity index (χ0v) is 11.2. The number of carbonyl (C=O) groups is 1. The molecule has 0 atom stereocenters. The Labute approximate surface area is 104 Å². The number of urea groups is 1. The van der Waals surface area contributed by atoms with E-state index in [0.29, 0.717) is 19.1 Å². The van der Waals surface area contributed by atoms with Crippen LogP contribution in [0.5, 0.6) is 0 Å². The van der Waals surface area contributed by atoms with Gasteiger partial charge in [0.2, 0.25) is 0 Å². The molecule has 2 amide bonds. The van der Waals surface area contributed by atoms with Crippen molar-refractivity contribution < 1.29 is 9.53 Å². The molecular formula is C12H25N3O2. The van der Waals surface area contributed by atoms with E-state index < -0.39 is 0 Å². The highest BCUT2D eigenvalue weighted by molar-refractivity contribution is 5.74. The van der Waals surface area contributed by atoms with E-state index in [1.807, 2.05) is 4.90 Å². The van der Waals surface area contributed by atoms with Crippen LogP contribution in [0, 0.1) is 5.92 Å². The first-order valence-corrected chi connectivity index (χ1v) is 6.37. The number of rotatable bonds is 5. The van der Waals surface area contributed by atoms with Crippen LogP contribution in [0.3, 0.4) is 0 Å². The number of nitrogens with one attached hydrogen (secondary N) is 1. The molecule has 1 fully saturated rings. The summed E-state index contributed by atoms with van der Waals surface area (Å²) in [5, 5.41) is 2.85. The summed E-state index contributed by atoms with van der Waals surface area (Å²) in [6.07, 6.45) is 0. The summed E-state index contributed by atoms with van der Waals surface area (Å²) in [4.78, 5) is 16.0. The van der Waals surface area contributed by atoms with Gasteiger partial charge in [-0.1, -0.05) is 13.8 Å². The van der Waals surface area contributed by atoms with Gasteiger partial charge in [-0.2, -0.15) is 0 Å². The number of nitrogens with zero attached hydrogens (tertiary/aromatic N) is 2. The summed E-state index contributed by atoms with van der Waals surface area (Å²) >= 11 is 0. The number of carbonyl (C=O) groups excluding carboxylic acids is 1. The molecule has 0 saturated carbocycles. The van der Waals surface area contributed by atoms with E-state index in [0.717, 1.165) is 32.7 Å². The molecule has 1 rings (SSSR count). The third-order valence-corrected chi connectivity index (χ3v) is 2.87. The molecule has 0 spiro atoms. The van der Waals surface area contributed by atoms with Crippen molar-refractivity contribution in [3.8, 4) is 0 Å². The summed E-state index contributed by atoms with van der Waals surface area (Å²) < 4.78 is 4.90. The van der Waals surface area contributed by atoms with Gasteiger partial charge in [-0.05, 0) is 5.92 Å². The van der Waals surface area contributed by atoms with Gasteiger partial charge in [-0.25, -0.2) is 4.79 Å². The molecule has 1 N–H and O–H groups in total. The van der Waals surface area contributed by atoms with Crippen molar-refractivity contribution in [2.45, 2.75) is 13.8 Å². The Balaban J connectivity index is 2.19. The van der Waals surface area contributed by atoms with Crippen molar-refractivity contribution in [2.24, 2.45) is 5.92 Å². The zero-order chi connectivity index (χ0) is 12.7. The van der Waals surface area contributed by atoms with Gasteiger partial charge in [0.25, 0.3) is 0 Å². The van der Waals surface area contributed by atoms with E-state index in [1.54, 1.807) is 7.11 Å². The Hall–Kier alpha value is -0.810. The Morgan fingerprint density at radius 2 is 1.94 bits per heavy atom. The highest BCUT2D eigenvalue weighted by Crippen LogP contribution is 2.05. The van der Waals surface area contributed by atoms with E-state index in [4.69, 9.17) is 4.74 Å². The monoisotopic (exact) mass is 243 g/mol. The van der Waals surface area contributed by atoms with Crippen LogP contribution in [0.1, 0.15) is 13.8 Å². The van der Waals surface area contributed by atoms with Crippen LogP contribution in [0.2, 0.25) is 0 Å². The maximum atomic E-state index is 11.7. The number of hydrogen-bond acceptors (Lipinski definition) is 3. The molecule has 1 heterocycles. The number of methoxy groups -OCH3 is 1. The van der Waals surface area contributed by atoms with Gasteiger partial charge >= 0.3 is 6.03 Å². The summed E-state index contributed by atoms with van der Waals surface area (Å²) in [6, 6.07) is 0.0336. The van der Waals surface area contributed by atoms with Crippen LogP contribution in [-0.2, 0) is 4.74 Å². The third-order valence-electron chi connectivity index (χ3n) is 2.87. The molecule has 5 heteroatoms. The minimum atomic E-state index is 0.0336. The predicted octanol–water partition coefficient (Wildman–Crippen LogP) is 0.616. The molecule has 0 aromatic rings. The molecular weight excluding hydrogens is 218 g/mol. The van der Waals surface area contributed by atoms with E-state index in [9.17, 15) is 4.79 Å². The molecule has 0 aromatic carbocycles. The SMILES string of the molecule is COCCNC(=O)N1CCN(CC(C)C)CC1. The van der Waals surface area contributed by atoms with E-state index in [-0.39, 0.29) is 6.03 Å². The lowest BCUT2D eigenvalue weighted by Crippen LogP contribution is -2.52. The fourth-order valence-electron chi connectivity index (χ4n) is 2.02. The van der Waals surface area contributed by atoms with Crippen molar-refractivity contribution in [3.63, 3.8) is 0 Å². The average molecular weight is 243 g/mol. The molecule has 0 aromatic heterocycles. The number of hydrogen-bond donors (Lipinski definition) is 1. The highest BCUT2D eigenvalue weighted by atomic mass is 16.5. The van der Waals surface area contributed by atoms with Gasteiger partial charge in [0, 0.05) is 46.4 Å². The van der Waals surface area contributed by atoms with Crippen molar-refractivity contribution in [1.82, 2.24) is 15.1 Å². The molecule has 5 nitrogen and oxygen atoms in total. The van der Waals surface area contributed by atoms with Crippen molar-refractivity contribution in [2.75, 3.05) is 53.0 Å². The minimum Gasteiger partial charge on any atom is -0.383 e. The van der Waals surface area contributed by atoms with Gasteiger partial charge in [0.05, 0.1) is 6.61 Å². The molecule has 1 aliphatic rings. The van der Waals surface area contributed by atoms with Crippen LogP contribution in [0.25, 0.3) is 0 Å². The molecule has 0 aliphatic carbocycles. The van der Waals surface area contributed by atoms with Gasteiger partial charge in [0.1, 0.15) is 0 Å². The largest absolute Gasteiger partial charge is 0.383 e. The molecule has 0 unspecified atom stereocenters. The van der Waals surface area contributed by atoms with Crippen LogP contribution < -0.4 is 5.32 Å². The van der Waals surface area contributed by atoms with Crippen LogP contribution in [0.15, 0.2) is 0 Å². The van der Waals surface area contributed by atoms with Crippen LogP contribution >= 0.6 is 0 Å². The lowest BCUT2D eigenvalue weighted by atomic mass is 10.2. The Kier molecular flexibility index (Phi) is 6.29. The Morgan fingerprint density at radius 3 is 2.47 bits per heavy atom. The fraction of sp³-hybridized carbons (Fsp3) is 0.917. The third kappa shape index (κ3) is 5.37. The van der Waals surface area contributed by atoms with Gasteiger partial charge in [-0.3, -0.25) is 4.90 Å². The molecule has 0 radical (unpaired) electrons. The standard InChI is InChI=1S/C12H25N3O2/c1-11(2)10-14-5-7-15(8-6-14)12(16)13-4-9-17-3/h11H,4-10H2,1-3H3,(H,13,16). The fourth-order valence-corrected chi connectivity index (χ4v) is 2.02. The summed E-state index contributed by atoms with van der Waals surface area (Å²) in [7, 11) is 1.64.